The van der Waals surface area contributed by atoms with Crippen LogP contribution in [0.2, 0.25) is 0 Å². The summed E-state index contributed by atoms with van der Waals surface area (Å²) < 4.78 is 5.12. The Balaban J connectivity index is 2.46. The molecule has 13 heavy (non-hydrogen) atoms. The van der Waals surface area contributed by atoms with Crippen molar-refractivity contribution in [2.45, 2.75) is 32.4 Å². The molecule has 0 saturated carbocycles. The third-order valence-electron chi connectivity index (χ3n) is 2.59. The van der Waals surface area contributed by atoms with Gasteiger partial charge in [0.2, 0.25) is 0 Å². The largest absolute Gasteiger partial charge is 0.479 e. The Morgan fingerprint density at radius 3 is 3.00 bits per heavy atom. The van der Waals surface area contributed by atoms with Crippen molar-refractivity contribution < 1.29 is 14.6 Å². The fourth-order valence-corrected chi connectivity index (χ4v) is 1.48. The first-order valence-electron chi connectivity index (χ1n) is 4.73. The Hall–Kier alpha value is -0.610. The minimum absolute atomic E-state index is 0.450. The van der Waals surface area contributed by atoms with E-state index >= 15 is 0 Å². The van der Waals surface area contributed by atoms with E-state index in [-0.39, 0.29) is 0 Å². The lowest BCUT2D eigenvalue weighted by molar-refractivity contribution is -0.157. The van der Waals surface area contributed by atoms with Crippen molar-refractivity contribution in [3.05, 3.63) is 0 Å². The van der Waals surface area contributed by atoms with Gasteiger partial charge in [0.15, 0.2) is 6.10 Å². The maximum Gasteiger partial charge on any atom is 0.334 e. The Labute approximate surface area is 78.5 Å². The maximum absolute atomic E-state index is 10.7. The fraction of sp³-hybridized carbons (Fsp3) is 0.889. The number of nitrogens with zero attached hydrogens (tertiary/aromatic N) is 1. The summed E-state index contributed by atoms with van der Waals surface area (Å²) in [6.07, 6.45) is 0.412. The molecule has 0 amide bonds. The number of hydrogen-bond donors (Lipinski definition) is 1. The highest BCUT2D eigenvalue weighted by atomic mass is 16.5. The molecule has 0 aromatic heterocycles. The molecule has 1 aliphatic heterocycles. The molecule has 0 radical (unpaired) electrons. The summed E-state index contributed by atoms with van der Waals surface area (Å²) in [6.45, 7) is 6.12. The van der Waals surface area contributed by atoms with E-state index in [1.807, 2.05) is 0 Å². The van der Waals surface area contributed by atoms with Gasteiger partial charge in [-0.1, -0.05) is 6.92 Å². The smallest absolute Gasteiger partial charge is 0.334 e. The Morgan fingerprint density at radius 1 is 1.77 bits per heavy atom. The van der Waals surface area contributed by atoms with Crippen molar-refractivity contribution in [3.63, 3.8) is 0 Å². The van der Waals surface area contributed by atoms with E-state index in [1.165, 1.54) is 0 Å². The predicted octanol–water partition coefficient (Wildman–Crippen LogP) is 0.570. The molecule has 1 fully saturated rings. The van der Waals surface area contributed by atoms with Gasteiger partial charge in [0.05, 0.1) is 6.61 Å². The van der Waals surface area contributed by atoms with Crippen LogP contribution in [0.1, 0.15) is 20.3 Å². The molecule has 0 aromatic carbocycles. The first-order chi connectivity index (χ1) is 6.15. The van der Waals surface area contributed by atoms with E-state index < -0.39 is 12.1 Å². The monoisotopic (exact) mass is 187 g/mol. The lowest BCUT2D eigenvalue weighted by Gasteiger charge is -2.34. The van der Waals surface area contributed by atoms with Crippen LogP contribution in [-0.4, -0.2) is 47.8 Å². The van der Waals surface area contributed by atoms with Crippen LogP contribution in [0.5, 0.6) is 0 Å². The van der Waals surface area contributed by atoms with Crippen molar-refractivity contribution in [2.24, 2.45) is 0 Å². The van der Waals surface area contributed by atoms with Crippen LogP contribution < -0.4 is 0 Å². The summed E-state index contributed by atoms with van der Waals surface area (Å²) in [4.78, 5) is 12.8. The van der Waals surface area contributed by atoms with E-state index in [2.05, 4.69) is 18.7 Å². The highest BCUT2D eigenvalue weighted by Gasteiger charge is 2.27. The van der Waals surface area contributed by atoms with Crippen LogP contribution in [0.15, 0.2) is 0 Å². The van der Waals surface area contributed by atoms with Crippen LogP contribution in [0, 0.1) is 0 Å². The van der Waals surface area contributed by atoms with Gasteiger partial charge in [-0.2, -0.15) is 0 Å². The Kier molecular flexibility index (Phi) is 3.69. The highest BCUT2D eigenvalue weighted by molar-refractivity contribution is 5.72. The number of carbonyl (C=O) groups is 1. The molecule has 1 aliphatic rings. The predicted molar refractivity (Wildman–Crippen MR) is 48.7 cm³/mol. The van der Waals surface area contributed by atoms with E-state index in [1.54, 1.807) is 0 Å². The lowest BCUT2D eigenvalue weighted by atomic mass is 10.2. The topological polar surface area (TPSA) is 49.8 Å². The van der Waals surface area contributed by atoms with Gasteiger partial charge in [-0.3, -0.25) is 4.90 Å². The molecule has 0 aliphatic carbocycles. The number of hydrogen-bond acceptors (Lipinski definition) is 3. The summed E-state index contributed by atoms with van der Waals surface area (Å²) in [6, 6.07) is 0.450. The van der Waals surface area contributed by atoms with Gasteiger partial charge in [0, 0.05) is 19.1 Å². The second kappa shape index (κ2) is 4.58. The number of morpholine rings is 1. The summed E-state index contributed by atoms with van der Waals surface area (Å²) in [5, 5.41) is 8.76. The van der Waals surface area contributed by atoms with Gasteiger partial charge in [-0.05, 0) is 13.3 Å². The van der Waals surface area contributed by atoms with E-state index in [9.17, 15) is 4.79 Å². The molecule has 1 rings (SSSR count). The van der Waals surface area contributed by atoms with Crippen molar-refractivity contribution in [1.29, 1.82) is 0 Å². The number of ether oxygens (including phenoxy) is 1. The minimum atomic E-state index is -0.854. The maximum atomic E-state index is 10.7. The molecule has 1 heterocycles. The standard InChI is InChI=1S/C9H17NO3/c1-3-7(2)10-4-5-13-8(6-10)9(11)12/h7-8H,3-6H2,1-2H3,(H,11,12). The zero-order valence-corrected chi connectivity index (χ0v) is 8.19. The molecule has 4 heteroatoms. The molecule has 4 nitrogen and oxygen atoms in total. The van der Waals surface area contributed by atoms with Gasteiger partial charge in [-0.15, -0.1) is 0 Å². The van der Waals surface area contributed by atoms with Gasteiger partial charge >= 0.3 is 5.97 Å². The molecule has 1 saturated heterocycles. The molecule has 2 unspecified atom stereocenters. The molecular formula is C9H17NO3. The van der Waals surface area contributed by atoms with Gasteiger partial charge in [0.25, 0.3) is 0 Å². The van der Waals surface area contributed by atoms with Crippen LogP contribution in [0.4, 0.5) is 0 Å². The third kappa shape index (κ3) is 2.67. The normalized spacial score (nSPS) is 27.1. The van der Waals surface area contributed by atoms with Crippen molar-refractivity contribution in [1.82, 2.24) is 4.90 Å². The zero-order chi connectivity index (χ0) is 9.84. The van der Waals surface area contributed by atoms with Gasteiger partial charge < -0.3 is 9.84 Å². The van der Waals surface area contributed by atoms with E-state index in [0.717, 1.165) is 13.0 Å². The molecule has 0 spiro atoms. The summed E-state index contributed by atoms with van der Waals surface area (Å²) in [5.74, 6) is -0.854. The third-order valence-corrected chi connectivity index (χ3v) is 2.59. The van der Waals surface area contributed by atoms with Crippen molar-refractivity contribution in [3.8, 4) is 0 Å². The minimum Gasteiger partial charge on any atom is -0.479 e. The Bertz CT molecular complexity index is 184. The Morgan fingerprint density at radius 2 is 2.46 bits per heavy atom. The van der Waals surface area contributed by atoms with Crippen molar-refractivity contribution in [2.75, 3.05) is 19.7 Å². The second-order valence-electron chi connectivity index (χ2n) is 3.45. The van der Waals surface area contributed by atoms with E-state index in [4.69, 9.17) is 9.84 Å². The summed E-state index contributed by atoms with van der Waals surface area (Å²) in [5.41, 5.74) is 0. The molecule has 0 aromatic rings. The fourth-order valence-electron chi connectivity index (χ4n) is 1.48. The van der Waals surface area contributed by atoms with Gasteiger partial charge in [0.1, 0.15) is 0 Å². The van der Waals surface area contributed by atoms with Crippen LogP contribution >= 0.6 is 0 Å². The summed E-state index contributed by atoms with van der Waals surface area (Å²) in [7, 11) is 0. The first-order valence-corrected chi connectivity index (χ1v) is 4.73. The summed E-state index contributed by atoms with van der Waals surface area (Å²) >= 11 is 0. The number of rotatable bonds is 3. The average molecular weight is 187 g/mol. The number of carboxylic acids is 1. The average Bonchev–Trinajstić information content (AvgIpc) is 2.17. The van der Waals surface area contributed by atoms with Crippen LogP contribution in [-0.2, 0) is 9.53 Å². The van der Waals surface area contributed by atoms with Crippen LogP contribution in [0.25, 0.3) is 0 Å². The first kappa shape index (κ1) is 10.5. The molecular weight excluding hydrogens is 170 g/mol. The quantitative estimate of drug-likeness (QED) is 0.701. The van der Waals surface area contributed by atoms with E-state index in [0.29, 0.717) is 19.2 Å². The SMILES string of the molecule is CCC(C)N1CCOC(C(=O)O)C1. The van der Waals surface area contributed by atoms with Crippen LogP contribution in [0.3, 0.4) is 0 Å². The molecule has 1 N–H and O–H groups in total. The van der Waals surface area contributed by atoms with Gasteiger partial charge in [-0.25, -0.2) is 4.79 Å². The lowest BCUT2D eigenvalue weighted by Crippen LogP contribution is -2.49. The van der Waals surface area contributed by atoms with Crippen molar-refractivity contribution >= 4 is 5.97 Å². The zero-order valence-electron chi connectivity index (χ0n) is 8.19. The highest BCUT2D eigenvalue weighted by Crippen LogP contribution is 2.10. The number of aliphatic carboxylic acids is 1. The molecule has 2 atom stereocenters. The molecule has 76 valence electrons. The second-order valence-corrected chi connectivity index (χ2v) is 3.45. The molecule has 0 bridgehead atoms. The number of carboxylic acid groups (broad SMARTS) is 1.